The second-order valence-corrected chi connectivity index (χ2v) is 4.85. The van der Waals surface area contributed by atoms with E-state index in [0.717, 1.165) is 0 Å². The summed E-state index contributed by atoms with van der Waals surface area (Å²) in [5, 5.41) is 0.513. The van der Waals surface area contributed by atoms with Crippen molar-refractivity contribution in [1.82, 2.24) is 9.97 Å². The van der Waals surface area contributed by atoms with Crippen molar-refractivity contribution < 1.29 is 13.2 Å². The number of fused-ring (bicyclic) bond motifs is 1. The average molecular weight is 285 g/mol. The molecule has 0 radical (unpaired) electrons. The summed E-state index contributed by atoms with van der Waals surface area (Å²) in [6, 6.07) is 1.56. The van der Waals surface area contributed by atoms with Gasteiger partial charge in [0.2, 0.25) is 0 Å². The van der Waals surface area contributed by atoms with Crippen LogP contribution >= 0.6 is 0 Å². The van der Waals surface area contributed by atoms with Crippen molar-refractivity contribution in [3.05, 3.63) is 33.2 Å². The summed E-state index contributed by atoms with van der Waals surface area (Å²) < 4.78 is 38.7. The van der Waals surface area contributed by atoms with E-state index < -0.39 is 17.4 Å². The quantitative estimate of drug-likeness (QED) is 0.876. The van der Waals surface area contributed by atoms with Crippen LogP contribution in [0.2, 0.25) is 0 Å². The Morgan fingerprint density at radius 3 is 2.30 bits per heavy atom. The van der Waals surface area contributed by atoms with E-state index >= 15 is 0 Å². The molecule has 20 heavy (non-hydrogen) atoms. The highest BCUT2D eigenvalue weighted by molar-refractivity contribution is 5.83. The number of hydrogen-bond donors (Lipinski definition) is 1. The van der Waals surface area contributed by atoms with Gasteiger partial charge in [-0.2, -0.15) is 13.2 Å². The number of pyridine rings is 2. The van der Waals surface area contributed by atoms with Gasteiger partial charge >= 0.3 is 6.18 Å². The van der Waals surface area contributed by atoms with Crippen molar-refractivity contribution in [2.75, 3.05) is 19.0 Å². The number of H-pyrrole nitrogens is 1. The van der Waals surface area contributed by atoms with E-state index in [1.165, 1.54) is 6.92 Å². The zero-order valence-corrected chi connectivity index (χ0v) is 11.5. The van der Waals surface area contributed by atoms with Gasteiger partial charge in [-0.1, -0.05) is 0 Å². The third kappa shape index (κ3) is 2.23. The Bertz CT molecular complexity index is 732. The topological polar surface area (TPSA) is 49.0 Å². The Labute approximate surface area is 113 Å². The lowest BCUT2D eigenvalue weighted by Gasteiger charge is -2.16. The van der Waals surface area contributed by atoms with Crippen LogP contribution in [0.4, 0.5) is 18.9 Å². The molecular formula is C13H14F3N3O. The van der Waals surface area contributed by atoms with Crippen LogP contribution in [0.25, 0.3) is 11.0 Å². The molecule has 0 bridgehead atoms. The number of hydrogen-bond acceptors (Lipinski definition) is 3. The van der Waals surface area contributed by atoms with Crippen molar-refractivity contribution in [3.8, 4) is 0 Å². The molecule has 2 aromatic heterocycles. The van der Waals surface area contributed by atoms with Crippen LogP contribution in [0.5, 0.6) is 0 Å². The zero-order valence-electron chi connectivity index (χ0n) is 11.5. The maximum Gasteiger partial charge on any atom is 0.433 e. The second kappa shape index (κ2) is 4.50. The van der Waals surface area contributed by atoms with E-state index in [2.05, 4.69) is 9.97 Å². The second-order valence-electron chi connectivity index (χ2n) is 4.85. The highest BCUT2D eigenvalue weighted by atomic mass is 19.4. The first-order valence-electron chi connectivity index (χ1n) is 5.91. The minimum Gasteiger partial charge on any atom is -0.373 e. The molecule has 0 fully saturated rings. The minimum atomic E-state index is -4.54. The number of nitrogens with zero attached hydrogens (tertiary/aromatic N) is 2. The molecule has 108 valence electrons. The summed E-state index contributed by atoms with van der Waals surface area (Å²) in [5.41, 5.74) is -0.567. The summed E-state index contributed by atoms with van der Waals surface area (Å²) in [6.07, 6.45) is -4.54. The van der Waals surface area contributed by atoms with Crippen molar-refractivity contribution in [1.29, 1.82) is 0 Å². The summed E-state index contributed by atoms with van der Waals surface area (Å²) in [7, 11) is 3.38. The van der Waals surface area contributed by atoms with E-state index in [1.807, 2.05) is 0 Å². The van der Waals surface area contributed by atoms with Gasteiger partial charge in [-0.3, -0.25) is 4.79 Å². The molecule has 1 N–H and O–H groups in total. The first-order chi connectivity index (χ1) is 9.12. The third-order valence-electron chi connectivity index (χ3n) is 3.30. The maximum atomic E-state index is 12.9. The highest BCUT2D eigenvalue weighted by Crippen LogP contribution is 2.33. The van der Waals surface area contributed by atoms with Gasteiger partial charge in [-0.05, 0) is 31.0 Å². The first-order valence-corrected chi connectivity index (χ1v) is 5.91. The molecule has 0 saturated carbocycles. The van der Waals surface area contributed by atoms with Crippen LogP contribution in [0.3, 0.4) is 0 Å². The van der Waals surface area contributed by atoms with Gasteiger partial charge in [0.15, 0.2) is 0 Å². The van der Waals surface area contributed by atoms with Crippen LogP contribution < -0.4 is 10.5 Å². The van der Waals surface area contributed by atoms with E-state index in [-0.39, 0.29) is 11.2 Å². The minimum absolute atomic E-state index is 0.0453. The molecule has 0 aliphatic carbocycles. The number of halogens is 3. The van der Waals surface area contributed by atoms with Gasteiger partial charge in [0.1, 0.15) is 17.0 Å². The molecule has 2 heterocycles. The number of alkyl halides is 3. The Kier molecular flexibility index (Phi) is 3.23. The molecule has 0 amide bonds. The Morgan fingerprint density at radius 1 is 1.20 bits per heavy atom. The van der Waals surface area contributed by atoms with Gasteiger partial charge in [-0.25, -0.2) is 4.98 Å². The number of aryl methyl sites for hydroxylation is 1. The molecule has 0 saturated heterocycles. The molecule has 7 heteroatoms. The van der Waals surface area contributed by atoms with E-state index in [9.17, 15) is 18.0 Å². The predicted molar refractivity (Wildman–Crippen MR) is 71.2 cm³/mol. The molecule has 0 aliphatic rings. The van der Waals surface area contributed by atoms with Crippen LogP contribution in [-0.4, -0.2) is 24.1 Å². The molecule has 2 aromatic rings. The van der Waals surface area contributed by atoms with E-state index in [0.29, 0.717) is 16.6 Å². The fourth-order valence-corrected chi connectivity index (χ4v) is 2.07. The van der Waals surface area contributed by atoms with Crippen molar-refractivity contribution in [2.45, 2.75) is 20.0 Å². The van der Waals surface area contributed by atoms with Crippen LogP contribution in [0.15, 0.2) is 10.9 Å². The smallest absolute Gasteiger partial charge is 0.373 e. The van der Waals surface area contributed by atoms with E-state index in [4.69, 9.17) is 0 Å². The summed E-state index contributed by atoms with van der Waals surface area (Å²) in [6.45, 7) is 2.97. The third-order valence-corrected chi connectivity index (χ3v) is 3.30. The van der Waals surface area contributed by atoms with Crippen molar-refractivity contribution in [3.63, 3.8) is 0 Å². The fourth-order valence-electron chi connectivity index (χ4n) is 2.07. The Balaban J connectivity index is 2.88. The molecule has 4 nitrogen and oxygen atoms in total. The van der Waals surface area contributed by atoms with Crippen LogP contribution in [0.1, 0.15) is 16.8 Å². The van der Waals surface area contributed by atoms with Gasteiger partial charge < -0.3 is 9.88 Å². The van der Waals surface area contributed by atoms with Crippen molar-refractivity contribution in [2.24, 2.45) is 0 Å². The number of anilines is 1. The van der Waals surface area contributed by atoms with Gasteiger partial charge in [-0.15, -0.1) is 0 Å². The molecule has 0 unspecified atom stereocenters. The molecule has 2 rings (SSSR count). The van der Waals surface area contributed by atoms with E-state index in [1.54, 1.807) is 32.0 Å². The molecule has 0 spiro atoms. The predicted octanol–water partition coefficient (Wildman–Crippen LogP) is 2.62. The lowest BCUT2D eigenvalue weighted by molar-refractivity contribution is -0.141. The summed E-state index contributed by atoms with van der Waals surface area (Å²) in [5.74, 6) is 0. The highest BCUT2D eigenvalue weighted by Gasteiger charge is 2.35. The summed E-state index contributed by atoms with van der Waals surface area (Å²) >= 11 is 0. The molecular weight excluding hydrogens is 271 g/mol. The maximum absolute atomic E-state index is 12.9. The average Bonchev–Trinajstić information content (AvgIpc) is 2.31. The van der Waals surface area contributed by atoms with Gasteiger partial charge in [0.25, 0.3) is 5.56 Å². The monoisotopic (exact) mass is 285 g/mol. The van der Waals surface area contributed by atoms with Crippen LogP contribution in [-0.2, 0) is 6.18 Å². The number of aromatic amines is 1. The number of aromatic nitrogens is 2. The SMILES string of the molecule is Cc1c(C(F)(F)F)nc2[nH]c(=O)c(N(C)C)cc2c1C. The molecule has 0 atom stereocenters. The Hall–Kier alpha value is -2.05. The lowest BCUT2D eigenvalue weighted by atomic mass is 10.0. The number of nitrogens with one attached hydrogen (secondary N) is 1. The lowest BCUT2D eigenvalue weighted by Crippen LogP contribution is -2.21. The Morgan fingerprint density at radius 2 is 1.80 bits per heavy atom. The van der Waals surface area contributed by atoms with Gasteiger partial charge in [0.05, 0.1) is 0 Å². The first kappa shape index (κ1) is 14.4. The zero-order chi connectivity index (χ0) is 15.2. The van der Waals surface area contributed by atoms with Crippen molar-refractivity contribution >= 4 is 16.7 Å². The normalized spacial score (nSPS) is 11.9. The van der Waals surface area contributed by atoms with Crippen LogP contribution in [0, 0.1) is 13.8 Å². The largest absolute Gasteiger partial charge is 0.433 e. The standard InChI is InChI=1S/C13H14F3N3O/c1-6-7(2)10(13(14,15)16)17-11-8(6)5-9(19(3)4)12(20)18-11/h5H,1-4H3,(H,17,18,20). The molecule has 0 aromatic carbocycles. The van der Waals surface area contributed by atoms with Gasteiger partial charge in [0, 0.05) is 19.5 Å². The summed E-state index contributed by atoms with van der Waals surface area (Å²) in [4.78, 5) is 19.4. The fraction of sp³-hybridized carbons (Fsp3) is 0.385. The molecule has 0 aliphatic heterocycles. The number of rotatable bonds is 1.